The number of hydrogen-bond donors (Lipinski definition) is 0. The zero-order chi connectivity index (χ0) is 10.1. The molecule has 0 saturated heterocycles. The van der Waals surface area contributed by atoms with Crippen LogP contribution in [0.3, 0.4) is 0 Å². The van der Waals surface area contributed by atoms with Gasteiger partial charge in [0.25, 0.3) is 0 Å². The molecule has 1 aromatic carbocycles. The fraction of sp³-hybridized carbons (Fsp3) is 0.417. The van der Waals surface area contributed by atoms with Gasteiger partial charge in [-0.05, 0) is 29.2 Å². The summed E-state index contributed by atoms with van der Waals surface area (Å²) in [5, 5.41) is 0.736. The second kappa shape index (κ2) is 2.22. The second-order valence-electron chi connectivity index (χ2n) is 4.87. The van der Waals surface area contributed by atoms with E-state index in [4.69, 9.17) is 11.6 Å². The molecule has 1 aromatic rings. The summed E-state index contributed by atoms with van der Waals surface area (Å²) in [5.74, 6) is 0.950. The topological polar surface area (TPSA) is 17.1 Å². The van der Waals surface area contributed by atoms with Crippen LogP contribution >= 0.6 is 11.6 Å². The molecule has 2 aliphatic carbocycles. The molecule has 0 N–H and O–H groups in total. The van der Waals surface area contributed by atoms with Crippen molar-refractivity contribution in [2.24, 2.45) is 11.3 Å². The summed E-state index contributed by atoms with van der Waals surface area (Å²) in [4.78, 5) is 11.9. The molecule has 1 fully saturated rings. The van der Waals surface area contributed by atoms with Crippen molar-refractivity contribution in [3.05, 3.63) is 34.3 Å². The normalized spacial score (nSPS) is 31.2. The molecule has 3 rings (SSSR count). The molecular formula is C12H11ClO. The Morgan fingerprint density at radius 1 is 1.29 bits per heavy atom. The number of rotatable bonds is 0. The van der Waals surface area contributed by atoms with E-state index in [1.807, 2.05) is 12.1 Å². The van der Waals surface area contributed by atoms with Crippen molar-refractivity contribution >= 4 is 17.4 Å². The van der Waals surface area contributed by atoms with Crippen molar-refractivity contribution in [2.75, 3.05) is 0 Å². The van der Waals surface area contributed by atoms with Crippen LogP contribution in [0.5, 0.6) is 0 Å². The van der Waals surface area contributed by atoms with Gasteiger partial charge >= 0.3 is 0 Å². The molecule has 0 radical (unpaired) electrons. The summed E-state index contributed by atoms with van der Waals surface area (Å²) in [7, 11) is 0. The first kappa shape index (κ1) is 8.49. The number of hydrogen-bond acceptors (Lipinski definition) is 1. The zero-order valence-corrected chi connectivity index (χ0v) is 8.93. The molecular weight excluding hydrogens is 196 g/mol. The largest absolute Gasteiger partial charge is 0.294 e. The number of benzene rings is 1. The Kier molecular flexibility index (Phi) is 1.35. The predicted molar refractivity (Wildman–Crippen MR) is 55.8 cm³/mol. The molecule has 0 spiro atoms. The number of Topliss-reactive ketones (excluding diaryl/α,β-unsaturated/α-hetero) is 1. The first-order valence-electron chi connectivity index (χ1n) is 4.87. The highest BCUT2D eigenvalue weighted by molar-refractivity contribution is 6.31. The van der Waals surface area contributed by atoms with E-state index in [0.29, 0.717) is 11.7 Å². The Morgan fingerprint density at radius 3 is 2.71 bits per heavy atom. The fourth-order valence-corrected chi connectivity index (χ4v) is 3.07. The molecule has 0 heterocycles. The molecule has 2 atom stereocenters. The van der Waals surface area contributed by atoms with Crippen molar-refractivity contribution in [1.29, 1.82) is 0 Å². The minimum atomic E-state index is 0.161. The summed E-state index contributed by atoms with van der Waals surface area (Å²) >= 11 is 5.94. The Bertz CT molecular complexity index is 448. The van der Waals surface area contributed by atoms with Gasteiger partial charge in [-0.1, -0.05) is 25.4 Å². The quantitative estimate of drug-likeness (QED) is 0.637. The van der Waals surface area contributed by atoms with Crippen LogP contribution < -0.4 is 0 Å². The Morgan fingerprint density at radius 2 is 2.00 bits per heavy atom. The Labute approximate surface area is 88.1 Å². The molecule has 0 unspecified atom stereocenters. The average Bonchev–Trinajstić information content (AvgIpc) is 2.52. The molecule has 0 aliphatic heterocycles. The van der Waals surface area contributed by atoms with E-state index in [0.717, 1.165) is 16.1 Å². The Balaban J connectivity index is 2.20. The van der Waals surface area contributed by atoms with E-state index in [2.05, 4.69) is 13.8 Å². The van der Waals surface area contributed by atoms with Crippen LogP contribution in [0, 0.1) is 11.3 Å². The highest BCUT2D eigenvalue weighted by Gasteiger charge is 2.66. The van der Waals surface area contributed by atoms with Crippen molar-refractivity contribution < 1.29 is 4.79 Å². The lowest BCUT2D eigenvalue weighted by atomic mass is 9.94. The van der Waals surface area contributed by atoms with Gasteiger partial charge in [0.05, 0.1) is 0 Å². The van der Waals surface area contributed by atoms with Gasteiger partial charge < -0.3 is 0 Å². The third-order valence-electron chi connectivity index (χ3n) is 3.72. The lowest BCUT2D eigenvalue weighted by Gasteiger charge is -2.10. The van der Waals surface area contributed by atoms with Crippen molar-refractivity contribution in [1.82, 2.24) is 0 Å². The number of fused-ring (bicyclic) bond motifs is 3. The standard InChI is InChI=1S/C12H11ClO/c1-12(2)9-8-5-6(13)3-4-7(8)11(14)10(9)12/h3-5,9-10H,1-2H3/t9-,10-/m1/s1. The maximum absolute atomic E-state index is 11.9. The van der Waals surface area contributed by atoms with Gasteiger partial charge in [-0.25, -0.2) is 0 Å². The fourth-order valence-electron chi connectivity index (χ4n) is 2.89. The van der Waals surface area contributed by atoms with Crippen LogP contribution in [0.25, 0.3) is 0 Å². The molecule has 2 aliphatic rings. The first-order valence-corrected chi connectivity index (χ1v) is 5.25. The van der Waals surface area contributed by atoms with E-state index >= 15 is 0 Å². The summed E-state index contributed by atoms with van der Waals surface area (Å²) in [5.41, 5.74) is 2.22. The van der Waals surface area contributed by atoms with Crippen molar-refractivity contribution in [2.45, 2.75) is 19.8 Å². The van der Waals surface area contributed by atoms with Crippen LogP contribution in [0.4, 0.5) is 0 Å². The minimum absolute atomic E-state index is 0.161. The smallest absolute Gasteiger partial charge is 0.167 e. The number of carbonyl (C=O) groups is 1. The maximum atomic E-state index is 11.9. The zero-order valence-electron chi connectivity index (χ0n) is 8.17. The van der Waals surface area contributed by atoms with Crippen molar-refractivity contribution in [3.63, 3.8) is 0 Å². The number of ketones is 1. The third-order valence-corrected chi connectivity index (χ3v) is 3.96. The van der Waals surface area contributed by atoms with Crippen LogP contribution in [-0.4, -0.2) is 5.78 Å². The maximum Gasteiger partial charge on any atom is 0.167 e. The molecule has 2 heteroatoms. The van der Waals surface area contributed by atoms with Gasteiger partial charge in [0.1, 0.15) is 0 Å². The number of halogens is 1. The summed E-state index contributed by atoms with van der Waals surface area (Å²) in [6, 6.07) is 5.62. The van der Waals surface area contributed by atoms with Gasteiger partial charge in [0.2, 0.25) is 0 Å². The van der Waals surface area contributed by atoms with Crippen LogP contribution in [0.15, 0.2) is 18.2 Å². The SMILES string of the molecule is CC1(C)[C@@H]2c3cc(Cl)ccc3C(=O)[C@@H]21. The second-order valence-corrected chi connectivity index (χ2v) is 5.31. The molecule has 72 valence electrons. The molecule has 1 saturated carbocycles. The molecule has 0 amide bonds. The van der Waals surface area contributed by atoms with Gasteiger partial charge in [-0.2, -0.15) is 0 Å². The van der Waals surface area contributed by atoms with Gasteiger partial charge in [-0.15, -0.1) is 0 Å². The monoisotopic (exact) mass is 206 g/mol. The van der Waals surface area contributed by atoms with Crippen LogP contribution in [0.1, 0.15) is 35.7 Å². The highest BCUT2D eigenvalue weighted by atomic mass is 35.5. The molecule has 1 nitrogen and oxygen atoms in total. The minimum Gasteiger partial charge on any atom is -0.294 e. The average molecular weight is 207 g/mol. The lowest BCUT2D eigenvalue weighted by molar-refractivity contribution is 0.0958. The predicted octanol–water partition coefficient (Wildman–Crippen LogP) is 3.28. The number of carbonyl (C=O) groups excluding carboxylic acids is 1. The van der Waals surface area contributed by atoms with Crippen molar-refractivity contribution in [3.8, 4) is 0 Å². The molecule has 14 heavy (non-hydrogen) atoms. The lowest BCUT2D eigenvalue weighted by Crippen LogP contribution is -2.07. The highest BCUT2D eigenvalue weighted by Crippen LogP contribution is 2.69. The first-order chi connectivity index (χ1) is 6.53. The van der Waals surface area contributed by atoms with Gasteiger partial charge in [-0.3, -0.25) is 4.79 Å². The molecule has 0 aromatic heterocycles. The van der Waals surface area contributed by atoms with Crippen LogP contribution in [-0.2, 0) is 0 Å². The van der Waals surface area contributed by atoms with E-state index in [-0.39, 0.29) is 11.3 Å². The molecule has 0 bridgehead atoms. The van der Waals surface area contributed by atoms with E-state index in [1.165, 1.54) is 0 Å². The van der Waals surface area contributed by atoms with Gasteiger partial charge in [0.15, 0.2) is 5.78 Å². The Hall–Kier alpha value is -0.820. The summed E-state index contributed by atoms with van der Waals surface area (Å²) in [6.45, 7) is 4.31. The van der Waals surface area contributed by atoms with E-state index in [9.17, 15) is 4.79 Å². The third kappa shape index (κ3) is 0.795. The summed E-state index contributed by atoms with van der Waals surface area (Å²) in [6.07, 6.45) is 0. The van der Waals surface area contributed by atoms with E-state index < -0.39 is 0 Å². The summed E-state index contributed by atoms with van der Waals surface area (Å²) < 4.78 is 0. The van der Waals surface area contributed by atoms with E-state index in [1.54, 1.807) is 6.07 Å². The van der Waals surface area contributed by atoms with Gasteiger partial charge in [0, 0.05) is 22.4 Å². The van der Waals surface area contributed by atoms with Crippen LogP contribution in [0.2, 0.25) is 5.02 Å².